The van der Waals surface area contributed by atoms with Crippen LogP contribution in [-0.2, 0) is 0 Å². The predicted octanol–water partition coefficient (Wildman–Crippen LogP) is 4.38. The Morgan fingerprint density at radius 3 is 2.50 bits per heavy atom. The van der Waals surface area contributed by atoms with Crippen LogP contribution in [0, 0.1) is 0 Å². The molecular weight excluding hydrogens is 327 g/mol. The van der Waals surface area contributed by atoms with Crippen LogP contribution in [0.2, 0.25) is 10.0 Å². The van der Waals surface area contributed by atoms with Crippen LogP contribution < -0.4 is 10.6 Å². The molecule has 22 heavy (non-hydrogen) atoms. The molecule has 0 aliphatic carbocycles. The number of hydrogen-bond acceptors (Lipinski definition) is 4. The summed E-state index contributed by atoms with van der Waals surface area (Å²) < 4.78 is 5.49. The molecule has 0 bridgehead atoms. The van der Waals surface area contributed by atoms with Crippen molar-refractivity contribution < 1.29 is 9.21 Å². The summed E-state index contributed by atoms with van der Waals surface area (Å²) in [6, 6.07) is 3.94. The van der Waals surface area contributed by atoms with Crippen LogP contribution in [0.25, 0.3) is 0 Å². The second-order valence-electron chi connectivity index (χ2n) is 5.08. The van der Waals surface area contributed by atoms with Gasteiger partial charge in [-0.15, -0.1) is 10.2 Å². The summed E-state index contributed by atoms with van der Waals surface area (Å²) in [5.41, 5.74) is 0.423. The molecule has 0 radical (unpaired) electrons. The van der Waals surface area contributed by atoms with Crippen molar-refractivity contribution in [1.29, 1.82) is 0 Å². The maximum atomic E-state index is 12.0. The van der Waals surface area contributed by atoms with E-state index in [2.05, 4.69) is 20.8 Å². The van der Waals surface area contributed by atoms with Crippen molar-refractivity contribution in [3.8, 4) is 0 Å². The largest absolute Gasteiger partial charge is 0.423 e. The zero-order valence-corrected chi connectivity index (χ0v) is 13.9. The highest BCUT2D eigenvalue weighted by Crippen LogP contribution is 2.25. The first kappa shape index (κ1) is 16.6. The van der Waals surface area contributed by atoms with E-state index >= 15 is 0 Å². The maximum Gasteiger partial charge on any atom is 0.319 e. The Morgan fingerprint density at radius 2 is 1.86 bits per heavy atom. The summed E-state index contributed by atoms with van der Waals surface area (Å²) in [6.45, 7) is 5.64. The van der Waals surface area contributed by atoms with Crippen LogP contribution in [0.5, 0.6) is 0 Å². The fourth-order valence-electron chi connectivity index (χ4n) is 1.66. The summed E-state index contributed by atoms with van der Waals surface area (Å²) in [5.74, 6) is 1.01. The van der Waals surface area contributed by atoms with Crippen molar-refractivity contribution in [2.24, 2.45) is 0 Å². The van der Waals surface area contributed by atoms with Crippen molar-refractivity contribution in [3.63, 3.8) is 0 Å². The molecular formula is C14H16Cl2N4O2. The van der Waals surface area contributed by atoms with Crippen molar-refractivity contribution in [1.82, 2.24) is 15.5 Å². The Labute approximate surface area is 138 Å². The number of urea groups is 1. The third-order valence-electron chi connectivity index (χ3n) is 2.84. The van der Waals surface area contributed by atoms with Gasteiger partial charge in [-0.25, -0.2) is 4.79 Å². The van der Waals surface area contributed by atoms with Gasteiger partial charge in [-0.3, -0.25) is 0 Å². The lowest BCUT2D eigenvalue weighted by molar-refractivity contribution is 0.246. The van der Waals surface area contributed by atoms with Crippen molar-refractivity contribution in [2.75, 3.05) is 5.32 Å². The van der Waals surface area contributed by atoms with Crippen molar-refractivity contribution in [2.45, 2.75) is 32.7 Å². The van der Waals surface area contributed by atoms with E-state index in [9.17, 15) is 4.79 Å². The highest BCUT2D eigenvalue weighted by atomic mass is 35.5. The maximum absolute atomic E-state index is 12.0. The number of halogens is 2. The molecule has 118 valence electrons. The summed E-state index contributed by atoms with van der Waals surface area (Å²) in [5, 5.41) is 14.0. The topological polar surface area (TPSA) is 80.0 Å². The Balaban J connectivity index is 2.00. The Hall–Kier alpha value is -1.79. The minimum atomic E-state index is -0.444. The van der Waals surface area contributed by atoms with E-state index in [0.29, 0.717) is 27.5 Å². The van der Waals surface area contributed by atoms with E-state index in [1.807, 2.05) is 13.8 Å². The van der Waals surface area contributed by atoms with Crippen LogP contribution in [0.1, 0.15) is 44.5 Å². The van der Waals surface area contributed by atoms with Crippen LogP contribution in [0.3, 0.4) is 0 Å². The molecule has 0 aliphatic rings. The van der Waals surface area contributed by atoms with Gasteiger partial charge in [0.25, 0.3) is 0 Å². The molecule has 0 fully saturated rings. The van der Waals surface area contributed by atoms with Crippen LogP contribution in [-0.4, -0.2) is 16.2 Å². The first-order valence-electron chi connectivity index (χ1n) is 6.72. The summed E-state index contributed by atoms with van der Waals surface area (Å²) in [7, 11) is 0. The number of anilines is 1. The number of amides is 2. The molecule has 1 atom stereocenters. The van der Waals surface area contributed by atoms with Crippen LogP contribution in [0.15, 0.2) is 22.6 Å². The van der Waals surface area contributed by atoms with E-state index in [1.165, 1.54) is 0 Å². The molecule has 8 heteroatoms. The molecule has 2 rings (SSSR count). The summed E-state index contributed by atoms with van der Waals surface area (Å²) in [4.78, 5) is 12.0. The highest BCUT2D eigenvalue weighted by Gasteiger charge is 2.18. The average molecular weight is 343 g/mol. The van der Waals surface area contributed by atoms with E-state index in [0.717, 1.165) is 0 Å². The number of nitrogens with one attached hydrogen (secondary N) is 2. The third kappa shape index (κ3) is 4.11. The Morgan fingerprint density at radius 1 is 1.18 bits per heavy atom. The fraction of sp³-hybridized carbons (Fsp3) is 0.357. The molecule has 1 unspecified atom stereocenters. The quantitative estimate of drug-likeness (QED) is 0.863. The SMILES string of the molecule is CC(C)c1nnc(C(C)NC(=O)Nc2cc(Cl)ccc2Cl)o1. The molecule has 1 heterocycles. The molecule has 2 N–H and O–H groups in total. The number of nitrogens with zero attached hydrogens (tertiary/aromatic N) is 2. The van der Waals surface area contributed by atoms with Crippen molar-refractivity contribution >= 4 is 34.9 Å². The molecule has 6 nitrogen and oxygen atoms in total. The second kappa shape index (κ2) is 6.98. The first-order valence-corrected chi connectivity index (χ1v) is 7.48. The Kier molecular flexibility index (Phi) is 5.26. The predicted molar refractivity (Wildman–Crippen MR) is 85.4 cm³/mol. The molecule has 2 amide bonds. The monoisotopic (exact) mass is 342 g/mol. The molecule has 1 aromatic heterocycles. The molecule has 0 aliphatic heterocycles. The van der Waals surface area contributed by atoms with Gasteiger partial charge in [-0.1, -0.05) is 37.0 Å². The van der Waals surface area contributed by atoms with Gasteiger partial charge in [0.1, 0.15) is 6.04 Å². The van der Waals surface area contributed by atoms with Crippen molar-refractivity contribution in [3.05, 3.63) is 40.0 Å². The standard InChI is InChI=1S/C14H16Cl2N4O2/c1-7(2)12-19-20-13(22-12)8(3)17-14(21)18-11-6-9(15)4-5-10(11)16/h4-8H,1-3H3,(H2,17,18,21). The summed E-state index contributed by atoms with van der Waals surface area (Å²) >= 11 is 11.9. The van der Waals surface area contributed by atoms with E-state index in [1.54, 1.807) is 25.1 Å². The van der Waals surface area contributed by atoms with Gasteiger partial charge in [0.05, 0.1) is 10.7 Å². The van der Waals surface area contributed by atoms with Gasteiger partial charge < -0.3 is 15.1 Å². The van der Waals surface area contributed by atoms with E-state index < -0.39 is 12.1 Å². The van der Waals surface area contributed by atoms with Gasteiger partial charge >= 0.3 is 6.03 Å². The number of benzene rings is 1. The highest BCUT2D eigenvalue weighted by molar-refractivity contribution is 6.35. The average Bonchev–Trinajstić information content (AvgIpc) is 2.93. The number of rotatable bonds is 4. The summed E-state index contributed by atoms with van der Waals surface area (Å²) in [6.07, 6.45) is 0. The van der Waals surface area contributed by atoms with E-state index in [-0.39, 0.29) is 5.92 Å². The molecule has 0 saturated heterocycles. The smallest absolute Gasteiger partial charge is 0.319 e. The van der Waals surface area contributed by atoms with Gasteiger partial charge in [-0.05, 0) is 25.1 Å². The third-order valence-corrected chi connectivity index (χ3v) is 3.41. The number of carbonyl (C=O) groups is 1. The lowest BCUT2D eigenvalue weighted by Gasteiger charge is -2.12. The normalized spacial score (nSPS) is 12.3. The Bertz CT molecular complexity index is 673. The van der Waals surface area contributed by atoms with Gasteiger partial charge in [0.2, 0.25) is 11.8 Å². The minimum Gasteiger partial charge on any atom is -0.423 e. The number of hydrogen-bond donors (Lipinski definition) is 2. The minimum absolute atomic E-state index is 0.132. The number of carbonyl (C=O) groups excluding carboxylic acids is 1. The molecule has 2 aromatic rings. The lowest BCUT2D eigenvalue weighted by Crippen LogP contribution is -2.31. The van der Waals surface area contributed by atoms with E-state index in [4.69, 9.17) is 27.6 Å². The van der Waals surface area contributed by atoms with Gasteiger partial charge in [-0.2, -0.15) is 0 Å². The second-order valence-corrected chi connectivity index (χ2v) is 5.92. The van der Waals surface area contributed by atoms with Crippen LogP contribution in [0.4, 0.5) is 10.5 Å². The fourth-order valence-corrected chi connectivity index (χ4v) is 2.00. The number of aromatic nitrogens is 2. The molecule has 0 spiro atoms. The van der Waals surface area contributed by atoms with Gasteiger partial charge in [0, 0.05) is 10.9 Å². The first-order chi connectivity index (χ1) is 10.4. The lowest BCUT2D eigenvalue weighted by atomic mass is 10.2. The van der Waals surface area contributed by atoms with Crippen LogP contribution >= 0.6 is 23.2 Å². The zero-order chi connectivity index (χ0) is 16.3. The van der Waals surface area contributed by atoms with Gasteiger partial charge in [0.15, 0.2) is 0 Å². The zero-order valence-electron chi connectivity index (χ0n) is 12.4. The molecule has 1 aromatic carbocycles. The molecule has 0 saturated carbocycles.